The summed E-state index contributed by atoms with van der Waals surface area (Å²) in [4.78, 5) is 15.5. The van der Waals surface area contributed by atoms with Crippen molar-refractivity contribution in [3.63, 3.8) is 0 Å². The Hall–Kier alpha value is -0.650. The first-order valence-electron chi connectivity index (χ1n) is 5.63. The zero-order valence-corrected chi connectivity index (χ0v) is 8.93. The van der Waals surface area contributed by atoms with Crippen LogP contribution in [0.4, 0.5) is 0 Å². The molecule has 2 heterocycles. The van der Waals surface area contributed by atoms with E-state index in [0.29, 0.717) is 6.04 Å². The first-order chi connectivity index (χ1) is 7.22. The van der Waals surface area contributed by atoms with E-state index in [1.165, 1.54) is 19.4 Å². The highest BCUT2D eigenvalue weighted by Crippen LogP contribution is 2.22. The van der Waals surface area contributed by atoms with E-state index in [9.17, 15) is 4.79 Å². The standard InChI is InChI=1S/C10H19N3O2/c11-6-9(10(14)15)13-5-4-12-3-1-2-8(12)7-13/h8-9H,1-7,11H2,(H,14,15). The average Bonchev–Trinajstić information content (AvgIpc) is 2.65. The molecule has 0 bridgehead atoms. The molecule has 2 saturated heterocycles. The minimum atomic E-state index is -0.788. The molecule has 2 aliphatic heterocycles. The van der Waals surface area contributed by atoms with Gasteiger partial charge >= 0.3 is 5.97 Å². The maximum absolute atomic E-state index is 11.0. The Bertz CT molecular complexity index is 247. The Morgan fingerprint density at radius 1 is 1.47 bits per heavy atom. The van der Waals surface area contributed by atoms with E-state index >= 15 is 0 Å². The van der Waals surface area contributed by atoms with E-state index in [1.54, 1.807) is 0 Å². The van der Waals surface area contributed by atoms with Gasteiger partial charge in [0.25, 0.3) is 0 Å². The Labute approximate surface area is 89.8 Å². The van der Waals surface area contributed by atoms with Crippen LogP contribution in [0.3, 0.4) is 0 Å². The smallest absolute Gasteiger partial charge is 0.322 e. The number of rotatable bonds is 3. The van der Waals surface area contributed by atoms with Crippen molar-refractivity contribution in [1.29, 1.82) is 0 Å². The molecule has 2 atom stereocenters. The number of carboxylic acids is 1. The number of nitrogens with zero attached hydrogens (tertiary/aromatic N) is 2. The maximum atomic E-state index is 11.0. The normalized spacial score (nSPS) is 30.1. The van der Waals surface area contributed by atoms with E-state index in [1.807, 2.05) is 4.90 Å². The lowest BCUT2D eigenvalue weighted by Crippen LogP contribution is -2.57. The van der Waals surface area contributed by atoms with Crippen LogP contribution >= 0.6 is 0 Å². The summed E-state index contributed by atoms with van der Waals surface area (Å²) < 4.78 is 0. The van der Waals surface area contributed by atoms with Crippen LogP contribution in [-0.2, 0) is 4.79 Å². The van der Waals surface area contributed by atoms with Gasteiger partial charge in [0.15, 0.2) is 0 Å². The summed E-state index contributed by atoms with van der Waals surface area (Å²) in [5.74, 6) is -0.788. The van der Waals surface area contributed by atoms with Crippen LogP contribution in [0, 0.1) is 0 Å². The molecule has 0 saturated carbocycles. The summed E-state index contributed by atoms with van der Waals surface area (Å²) in [6.45, 7) is 4.09. The molecule has 0 aromatic heterocycles. The SMILES string of the molecule is NCC(C(=O)O)N1CCN2CCCC2C1. The van der Waals surface area contributed by atoms with Gasteiger partial charge in [0.05, 0.1) is 0 Å². The van der Waals surface area contributed by atoms with E-state index < -0.39 is 12.0 Å². The fourth-order valence-electron chi connectivity index (χ4n) is 2.70. The maximum Gasteiger partial charge on any atom is 0.322 e. The Balaban J connectivity index is 1.96. The summed E-state index contributed by atoms with van der Waals surface area (Å²) in [6.07, 6.45) is 2.45. The molecule has 0 aromatic rings. The molecular formula is C10H19N3O2. The van der Waals surface area contributed by atoms with Gasteiger partial charge in [-0.3, -0.25) is 14.6 Å². The molecule has 2 unspecified atom stereocenters. The van der Waals surface area contributed by atoms with Gasteiger partial charge in [0.2, 0.25) is 0 Å². The lowest BCUT2D eigenvalue weighted by atomic mass is 10.1. The molecule has 2 aliphatic rings. The molecule has 2 fully saturated rings. The third-order valence-corrected chi connectivity index (χ3v) is 3.57. The Morgan fingerprint density at radius 2 is 2.27 bits per heavy atom. The van der Waals surface area contributed by atoms with Gasteiger partial charge in [-0.15, -0.1) is 0 Å². The summed E-state index contributed by atoms with van der Waals surface area (Å²) in [5.41, 5.74) is 5.51. The van der Waals surface area contributed by atoms with Gasteiger partial charge in [-0.2, -0.15) is 0 Å². The van der Waals surface area contributed by atoms with Crippen molar-refractivity contribution in [2.45, 2.75) is 24.9 Å². The van der Waals surface area contributed by atoms with Crippen molar-refractivity contribution in [2.75, 3.05) is 32.7 Å². The summed E-state index contributed by atoms with van der Waals surface area (Å²) in [6, 6.07) is 0.0694. The molecule has 15 heavy (non-hydrogen) atoms. The van der Waals surface area contributed by atoms with Crippen LogP contribution in [0.5, 0.6) is 0 Å². The minimum Gasteiger partial charge on any atom is -0.480 e. The van der Waals surface area contributed by atoms with Crippen molar-refractivity contribution < 1.29 is 9.90 Å². The average molecular weight is 213 g/mol. The minimum absolute atomic E-state index is 0.210. The number of aliphatic carboxylic acids is 1. The predicted octanol–water partition coefficient (Wildman–Crippen LogP) is -0.822. The molecular weight excluding hydrogens is 194 g/mol. The molecule has 5 nitrogen and oxygen atoms in total. The van der Waals surface area contributed by atoms with Gasteiger partial charge in [0.1, 0.15) is 6.04 Å². The molecule has 0 amide bonds. The summed E-state index contributed by atoms with van der Waals surface area (Å²) >= 11 is 0. The van der Waals surface area contributed by atoms with Gasteiger partial charge in [0, 0.05) is 32.2 Å². The van der Waals surface area contributed by atoms with Gasteiger partial charge in [-0.1, -0.05) is 0 Å². The lowest BCUT2D eigenvalue weighted by molar-refractivity contribution is -0.144. The Kier molecular flexibility index (Phi) is 3.23. The highest BCUT2D eigenvalue weighted by molar-refractivity contribution is 5.73. The van der Waals surface area contributed by atoms with E-state index in [-0.39, 0.29) is 6.54 Å². The van der Waals surface area contributed by atoms with Crippen molar-refractivity contribution in [2.24, 2.45) is 5.73 Å². The third kappa shape index (κ3) is 2.14. The number of nitrogens with two attached hydrogens (primary N) is 1. The summed E-state index contributed by atoms with van der Waals surface area (Å²) in [7, 11) is 0. The number of fused-ring (bicyclic) bond motifs is 1. The van der Waals surface area contributed by atoms with Crippen LogP contribution in [0.1, 0.15) is 12.8 Å². The van der Waals surface area contributed by atoms with Gasteiger partial charge in [-0.25, -0.2) is 0 Å². The number of hydrogen-bond donors (Lipinski definition) is 2. The van der Waals surface area contributed by atoms with E-state index in [0.717, 1.165) is 19.6 Å². The van der Waals surface area contributed by atoms with Crippen LogP contribution in [0.15, 0.2) is 0 Å². The van der Waals surface area contributed by atoms with Crippen molar-refractivity contribution in [1.82, 2.24) is 9.80 Å². The van der Waals surface area contributed by atoms with Crippen LogP contribution in [0.25, 0.3) is 0 Å². The number of carbonyl (C=O) groups is 1. The Morgan fingerprint density at radius 3 is 2.93 bits per heavy atom. The topological polar surface area (TPSA) is 69.8 Å². The molecule has 0 aliphatic carbocycles. The molecule has 5 heteroatoms. The van der Waals surface area contributed by atoms with Crippen LogP contribution < -0.4 is 5.73 Å². The first-order valence-corrected chi connectivity index (χ1v) is 5.63. The largest absolute Gasteiger partial charge is 0.480 e. The first kappa shape index (κ1) is 10.9. The molecule has 86 valence electrons. The monoisotopic (exact) mass is 213 g/mol. The van der Waals surface area contributed by atoms with Crippen molar-refractivity contribution >= 4 is 5.97 Å². The van der Waals surface area contributed by atoms with Gasteiger partial charge < -0.3 is 10.8 Å². The van der Waals surface area contributed by atoms with Gasteiger partial charge in [-0.05, 0) is 19.4 Å². The molecule has 0 radical (unpaired) electrons. The zero-order chi connectivity index (χ0) is 10.8. The molecule has 0 spiro atoms. The highest BCUT2D eigenvalue weighted by atomic mass is 16.4. The summed E-state index contributed by atoms with van der Waals surface area (Å²) in [5, 5.41) is 9.03. The van der Waals surface area contributed by atoms with E-state index in [2.05, 4.69) is 4.90 Å². The molecule has 2 rings (SSSR count). The number of hydrogen-bond acceptors (Lipinski definition) is 4. The lowest BCUT2D eigenvalue weighted by Gasteiger charge is -2.39. The van der Waals surface area contributed by atoms with E-state index in [4.69, 9.17) is 10.8 Å². The second-order valence-corrected chi connectivity index (χ2v) is 4.42. The van der Waals surface area contributed by atoms with Crippen LogP contribution in [0.2, 0.25) is 0 Å². The highest BCUT2D eigenvalue weighted by Gasteiger charge is 2.35. The number of carboxylic acid groups (broad SMARTS) is 1. The second-order valence-electron chi connectivity index (χ2n) is 4.42. The number of piperazine rings is 1. The zero-order valence-electron chi connectivity index (χ0n) is 8.93. The second kappa shape index (κ2) is 4.47. The predicted molar refractivity (Wildman–Crippen MR) is 56.6 cm³/mol. The van der Waals surface area contributed by atoms with Crippen LogP contribution in [-0.4, -0.2) is 65.7 Å². The fraction of sp³-hybridized carbons (Fsp3) is 0.900. The third-order valence-electron chi connectivity index (χ3n) is 3.57. The van der Waals surface area contributed by atoms with Crippen molar-refractivity contribution in [3.8, 4) is 0 Å². The van der Waals surface area contributed by atoms with Crippen molar-refractivity contribution in [3.05, 3.63) is 0 Å². The molecule has 0 aromatic carbocycles. The quantitative estimate of drug-likeness (QED) is 0.641. The molecule has 3 N–H and O–H groups in total. The fourth-order valence-corrected chi connectivity index (χ4v) is 2.70.